The number of unbranched alkanes of at least 4 members (excludes halogenated alkanes) is 2. The first-order valence-electron chi connectivity index (χ1n) is 12.5. The summed E-state index contributed by atoms with van der Waals surface area (Å²) in [6.45, 7) is 4.68. The van der Waals surface area contributed by atoms with Crippen LogP contribution in [0.25, 0.3) is 0 Å². The lowest BCUT2D eigenvalue weighted by Gasteiger charge is -2.39. The molecule has 1 unspecified atom stereocenters. The monoisotopic (exact) mass is 358 g/mol. The summed E-state index contributed by atoms with van der Waals surface area (Å²) in [5.41, 5.74) is 1.87. The fraction of sp³-hybridized carbons (Fsp3) is 0.923. The van der Waals surface area contributed by atoms with Crippen molar-refractivity contribution >= 4 is 0 Å². The van der Waals surface area contributed by atoms with Crippen LogP contribution in [0.3, 0.4) is 0 Å². The Kier molecular flexibility index (Phi) is 8.60. The van der Waals surface area contributed by atoms with Crippen LogP contribution in [0.2, 0.25) is 0 Å². The van der Waals surface area contributed by atoms with Crippen molar-refractivity contribution in [1.82, 2.24) is 0 Å². The molecule has 3 aliphatic carbocycles. The van der Waals surface area contributed by atoms with Gasteiger partial charge < -0.3 is 0 Å². The van der Waals surface area contributed by atoms with Crippen LogP contribution in [0.1, 0.15) is 123 Å². The van der Waals surface area contributed by atoms with Crippen molar-refractivity contribution < 1.29 is 0 Å². The number of hydrogen-bond acceptors (Lipinski definition) is 0. The Bertz CT molecular complexity index is 404. The van der Waals surface area contributed by atoms with Gasteiger partial charge in [-0.2, -0.15) is 0 Å². The van der Waals surface area contributed by atoms with Gasteiger partial charge >= 0.3 is 0 Å². The van der Waals surface area contributed by atoms with Crippen LogP contribution < -0.4 is 0 Å². The maximum Gasteiger partial charge on any atom is -0.0203 e. The molecule has 0 radical (unpaired) electrons. The molecule has 0 nitrogen and oxygen atoms in total. The third kappa shape index (κ3) is 5.87. The highest BCUT2D eigenvalue weighted by Gasteiger charge is 2.32. The smallest absolute Gasteiger partial charge is 0.0203 e. The van der Waals surface area contributed by atoms with E-state index in [-0.39, 0.29) is 0 Å². The van der Waals surface area contributed by atoms with E-state index in [9.17, 15) is 0 Å². The van der Waals surface area contributed by atoms with Crippen molar-refractivity contribution in [2.45, 2.75) is 123 Å². The van der Waals surface area contributed by atoms with Gasteiger partial charge in [-0.15, -0.1) is 0 Å². The molecule has 0 N–H and O–H groups in total. The highest BCUT2D eigenvalue weighted by Crippen LogP contribution is 2.45. The minimum Gasteiger partial charge on any atom is -0.0848 e. The molecule has 150 valence electrons. The minimum atomic E-state index is 0.971. The van der Waals surface area contributed by atoms with Gasteiger partial charge in [-0.3, -0.25) is 0 Å². The third-order valence-corrected chi connectivity index (χ3v) is 8.32. The fourth-order valence-electron chi connectivity index (χ4n) is 6.54. The van der Waals surface area contributed by atoms with Crippen LogP contribution in [0.4, 0.5) is 0 Å². The maximum atomic E-state index is 2.68. The molecule has 0 heteroatoms. The number of allylic oxidation sites excluding steroid dienone is 2. The van der Waals surface area contributed by atoms with E-state index in [0.717, 1.165) is 29.6 Å². The van der Waals surface area contributed by atoms with E-state index >= 15 is 0 Å². The van der Waals surface area contributed by atoms with Crippen molar-refractivity contribution in [3.05, 3.63) is 11.6 Å². The van der Waals surface area contributed by atoms with Gasteiger partial charge in [0.2, 0.25) is 0 Å². The summed E-state index contributed by atoms with van der Waals surface area (Å²) >= 11 is 0. The Balaban J connectivity index is 1.35. The van der Waals surface area contributed by atoms with Gasteiger partial charge in [0.05, 0.1) is 0 Å². The largest absolute Gasteiger partial charge is 0.0848 e. The van der Waals surface area contributed by atoms with Gasteiger partial charge in [0.1, 0.15) is 0 Å². The second-order valence-electron chi connectivity index (χ2n) is 10.1. The molecule has 3 aliphatic rings. The molecule has 0 amide bonds. The van der Waals surface area contributed by atoms with Gasteiger partial charge in [0, 0.05) is 0 Å². The second kappa shape index (κ2) is 10.9. The van der Waals surface area contributed by atoms with Crippen molar-refractivity contribution in [2.24, 2.45) is 29.6 Å². The lowest BCUT2D eigenvalue weighted by atomic mass is 9.67. The van der Waals surface area contributed by atoms with Gasteiger partial charge in [-0.25, -0.2) is 0 Å². The Morgan fingerprint density at radius 1 is 0.692 bits per heavy atom. The van der Waals surface area contributed by atoms with Gasteiger partial charge in [-0.05, 0) is 87.4 Å². The Hall–Kier alpha value is -0.260. The molecule has 0 aromatic rings. The maximum absolute atomic E-state index is 2.68. The summed E-state index contributed by atoms with van der Waals surface area (Å²) in [5.74, 6) is 5.23. The summed E-state index contributed by atoms with van der Waals surface area (Å²) in [4.78, 5) is 0. The second-order valence-corrected chi connectivity index (χ2v) is 10.1. The highest BCUT2D eigenvalue weighted by molar-refractivity contribution is 5.11. The summed E-state index contributed by atoms with van der Waals surface area (Å²) in [5, 5.41) is 0. The van der Waals surface area contributed by atoms with Crippen LogP contribution in [0.15, 0.2) is 11.6 Å². The van der Waals surface area contributed by atoms with E-state index in [2.05, 4.69) is 19.9 Å². The minimum absolute atomic E-state index is 0.971. The third-order valence-electron chi connectivity index (χ3n) is 8.32. The highest BCUT2D eigenvalue weighted by atomic mass is 14.4. The zero-order chi connectivity index (χ0) is 18.2. The molecule has 26 heavy (non-hydrogen) atoms. The first-order valence-corrected chi connectivity index (χ1v) is 12.5. The normalized spacial score (nSPS) is 35.9. The zero-order valence-corrected chi connectivity index (χ0v) is 18.0. The van der Waals surface area contributed by atoms with E-state index in [1.54, 1.807) is 38.5 Å². The molecular formula is C26H46. The Morgan fingerprint density at radius 2 is 1.38 bits per heavy atom. The molecule has 0 bridgehead atoms. The molecule has 2 saturated carbocycles. The molecule has 2 fully saturated rings. The lowest BCUT2D eigenvalue weighted by molar-refractivity contribution is 0.148. The first-order chi connectivity index (χ1) is 12.8. The Morgan fingerprint density at radius 3 is 1.96 bits per heavy atom. The van der Waals surface area contributed by atoms with E-state index in [1.165, 1.54) is 70.6 Å². The van der Waals surface area contributed by atoms with E-state index in [4.69, 9.17) is 0 Å². The van der Waals surface area contributed by atoms with Crippen molar-refractivity contribution in [1.29, 1.82) is 0 Å². The zero-order valence-electron chi connectivity index (χ0n) is 18.0. The quantitative estimate of drug-likeness (QED) is 0.300. The summed E-state index contributed by atoms with van der Waals surface area (Å²) < 4.78 is 0. The number of hydrogen-bond donors (Lipinski definition) is 0. The predicted octanol–water partition coefficient (Wildman–Crippen LogP) is 8.71. The predicted molar refractivity (Wildman–Crippen MR) is 115 cm³/mol. The van der Waals surface area contributed by atoms with Gasteiger partial charge in [0.25, 0.3) is 0 Å². The lowest BCUT2D eigenvalue weighted by Crippen LogP contribution is -2.26. The summed E-state index contributed by atoms with van der Waals surface area (Å²) in [6.07, 6.45) is 28.0. The molecule has 1 atom stereocenters. The van der Waals surface area contributed by atoms with E-state index in [0.29, 0.717) is 0 Å². The molecule has 0 aliphatic heterocycles. The van der Waals surface area contributed by atoms with Crippen LogP contribution in [-0.4, -0.2) is 0 Å². The molecular weight excluding hydrogens is 312 g/mol. The number of rotatable bonds is 8. The van der Waals surface area contributed by atoms with E-state index < -0.39 is 0 Å². The van der Waals surface area contributed by atoms with Crippen LogP contribution in [0.5, 0.6) is 0 Å². The van der Waals surface area contributed by atoms with Crippen LogP contribution in [0, 0.1) is 29.6 Å². The standard InChI is InChI=1S/C26H46/c1-3-5-6-8-22-11-15-24(16-12-22)26-19-17-25(18-20-26)23-13-9-21(7-4-2)10-14-23/h13,21-22,24-26H,3-12,14-20H2,1-2H3. The molecule has 3 rings (SSSR count). The van der Waals surface area contributed by atoms with Crippen molar-refractivity contribution in [3.8, 4) is 0 Å². The average Bonchev–Trinajstić information content (AvgIpc) is 2.70. The average molecular weight is 359 g/mol. The summed E-state index contributed by atoms with van der Waals surface area (Å²) in [6, 6.07) is 0. The Labute approximate surface area is 164 Å². The molecule has 0 heterocycles. The first kappa shape index (κ1) is 20.5. The molecule has 0 spiro atoms. The van der Waals surface area contributed by atoms with Gasteiger partial charge in [-0.1, -0.05) is 76.9 Å². The SMILES string of the molecule is CCCCCC1CCC(C2CCC(C3=CCC(CCC)CC3)CC2)CC1. The fourth-order valence-corrected chi connectivity index (χ4v) is 6.54. The van der Waals surface area contributed by atoms with E-state index in [1.807, 2.05) is 5.57 Å². The molecule has 0 aromatic heterocycles. The molecule has 0 aromatic carbocycles. The van der Waals surface area contributed by atoms with Crippen LogP contribution in [-0.2, 0) is 0 Å². The summed E-state index contributed by atoms with van der Waals surface area (Å²) in [7, 11) is 0. The topological polar surface area (TPSA) is 0 Å². The van der Waals surface area contributed by atoms with Crippen molar-refractivity contribution in [2.75, 3.05) is 0 Å². The van der Waals surface area contributed by atoms with Crippen LogP contribution >= 0.6 is 0 Å². The van der Waals surface area contributed by atoms with Crippen molar-refractivity contribution in [3.63, 3.8) is 0 Å². The van der Waals surface area contributed by atoms with Gasteiger partial charge in [0.15, 0.2) is 0 Å². The molecule has 0 saturated heterocycles.